The topological polar surface area (TPSA) is 62.2 Å². The molecular formula is C14H12F2N2O2. The van der Waals surface area contributed by atoms with Crippen molar-refractivity contribution in [1.82, 2.24) is 10.3 Å². The first-order valence-electron chi connectivity index (χ1n) is 5.90. The van der Waals surface area contributed by atoms with Gasteiger partial charge in [0.15, 0.2) is 0 Å². The molecule has 1 heterocycles. The van der Waals surface area contributed by atoms with E-state index in [1.807, 2.05) is 0 Å². The summed E-state index contributed by atoms with van der Waals surface area (Å²) in [4.78, 5) is 15.0. The number of nitrogens with zero attached hydrogens (tertiary/aromatic N) is 1. The first-order valence-corrected chi connectivity index (χ1v) is 5.90. The van der Waals surface area contributed by atoms with Crippen LogP contribution in [0.15, 0.2) is 42.6 Å². The van der Waals surface area contributed by atoms with Crippen molar-refractivity contribution in [3.05, 3.63) is 65.5 Å². The van der Waals surface area contributed by atoms with Crippen LogP contribution in [0.4, 0.5) is 8.78 Å². The summed E-state index contributed by atoms with van der Waals surface area (Å²) in [6, 6.07) is 8.09. The summed E-state index contributed by atoms with van der Waals surface area (Å²) in [7, 11) is 0. The summed E-state index contributed by atoms with van der Waals surface area (Å²) in [6.45, 7) is -0.156. The third-order valence-electron chi connectivity index (χ3n) is 2.71. The van der Waals surface area contributed by atoms with Gasteiger partial charge in [-0.1, -0.05) is 18.2 Å². The molecule has 0 radical (unpaired) electrons. The molecule has 1 amide bonds. The van der Waals surface area contributed by atoms with Crippen molar-refractivity contribution in [1.29, 1.82) is 0 Å². The summed E-state index contributed by atoms with van der Waals surface area (Å²) >= 11 is 0. The van der Waals surface area contributed by atoms with Gasteiger partial charge in [0.1, 0.15) is 5.82 Å². The Morgan fingerprint density at radius 2 is 2.00 bits per heavy atom. The first kappa shape index (κ1) is 14.1. The van der Waals surface area contributed by atoms with E-state index < -0.39 is 23.8 Å². The highest BCUT2D eigenvalue weighted by Gasteiger charge is 2.14. The second-order valence-electron chi connectivity index (χ2n) is 4.12. The highest BCUT2D eigenvalue weighted by molar-refractivity contribution is 5.93. The zero-order valence-corrected chi connectivity index (χ0v) is 10.4. The van der Waals surface area contributed by atoms with Crippen LogP contribution in [0, 0.1) is 11.8 Å². The molecule has 1 atom stereocenters. The van der Waals surface area contributed by atoms with Gasteiger partial charge in [0, 0.05) is 18.3 Å². The average Bonchev–Trinajstić information content (AvgIpc) is 2.45. The monoisotopic (exact) mass is 278 g/mol. The average molecular weight is 278 g/mol. The van der Waals surface area contributed by atoms with Gasteiger partial charge in [0.05, 0.1) is 11.7 Å². The summed E-state index contributed by atoms with van der Waals surface area (Å²) in [5, 5.41) is 12.2. The van der Waals surface area contributed by atoms with Gasteiger partial charge in [-0.2, -0.15) is 4.39 Å². The zero-order chi connectivity index (χ0) is 14.5. The van der Waals surface area contributed by atoms with Gasteiger partial charge >= 0.3 is 0 Å². The molecule has 0 fully saturated rings. The first-order chi connectivity index (χ1) is 9.58. The lowest BCUT2D eigenvalue weighted by molar-refractivity contribution is 0.0913. The van der Waals surface area contributed by atoms with Crippen LogP contribution >= 0.6 is 0 Å². The third kappa shape index (κ3) is 3.36. The summed E-state index contributed by atoms with van der Waals surface area (Å²) in [6.07, 6.45) is -0.0753. The van der Waals surface area contributed by atoms with E-state index >= 15 is 0 Å². The lowest BCUT2D eigenvalue weighted by atomic mass is 10.1. The molecule has 1 unspecified atom stereocenters. The van der Waals surface area contributed by atoms with Crippen molar-refractivity contribution >= 4 is 5.91 Å². The number of benzene rings is 1. The molecular weight excluding hydrogens is 266 g/mol. The van der Waals surface area contributed by atoms with Gasteiger partial charge in [-0.15, -0.1) is 0 Å². The molecule has 20 heavy (non-hydrogen) atoms. The lowest BCUT2D eigenvalue weighted by Gasteiger charge is -2.12. The number of pyridine rings is 1. The second kappa shape index (κ2) is 6.21. The van der Waals surface area contributed by atoms with Gasteiger partial charge in [-0.25, -0.2) is 9.37 Å². The van der Waals surface area contributed by atoms with E-state index in [4.69, 9.17) is 0 Å². The van der Waals surface area contributed by atoms with Crippen LogP contribution in [0.1, 0.15) is 22.0 Å². The number of aliphatic hydroxyl groups excluding tert-OH is 1. The van der Waals surface area contributed by atoms with Gasteiger partial charge in [0.2, 0.25) is 5.95 Å². The van der Waals surface area contributed by atoms with Gasteiger partial charge < -0.3 is 10.4 Å². The van der Waals surface area contributed by atoms with Crippen molar-refractivity contribution in [2.45, 2.75) is 6.10 Å². The Bertz CT molecular complexity index is 602. The molecule has 6 heteroatoms. The number of carbonyl (C=O) groups excluding carboxylic acids is 1. The largest absolute Gasteiger partial charge is 0.386 e. The van der Waals surface area contributed by atoms with Crippen LogP contribution in [0.25, 0.3) is 0 Å². The van der Waals surface area contributed by atoms with Crippen LogP contribution in [-0.2, 0) is 0 Å². The fourth-order valence-corrected chi connectivity index (χ4v) is 1.66. The van der Waals surface area contributed by atoms with Crippen molar-refractivity contribution < 1.29 is 18.7 Å². The minimum absolute atomic E-state index is 0.102. The van der Waals surface area contributed by atoms with E-state index in [9.17, 15) is 18.7 Å². The number of rotatable bonds is 4. The Morgan fingerprint density at radius 1 is 1.25 bits per heavy atom. The van der Waals surface area contributed by atoms with Crippen molar-refractivity contribution in [2.75, 3.05) is 6.54 Å². The van der Waals surface area contributed by atoms with Crippen LogP contribution in [0.2, 0.25) is 0 Å². The fourth-order valence-electron chi connectivity index (χ4n) is 1.66. The summed E-state index contributed by atoms with van der Waals surface area (Å²) in [5.41, 5.74) is 0.261. The predicted molar refractivity (Wildman–Crippen MR) is 67.9 cm³/mol. The van der Waals surface area contributed by atoms with Crippen molar-refractivity contribution in [3.63, 3.8) is 0 Å². The van der Waals surface area contributed by atoms with Crippen LogP contribution in [-0.4, -0.2) is 22.5 Å². The maximum absolute atomic E-state index is 13.4. The fraction of sp³-hybridized carbons (Fsp3) is 0.143. The number of aliphatic hydroxyl groups is 1. The van der Waals surface area contributed by atoms with E-state index in [0.717, 1.165) is 12.3 Å². The van der Waals surface area contributed by atoms with Gasteiger partial charge in [-0.3, -0.25) is 4.79 Å². The molecule has 0 aliphatic rings. The number of halogens is 2. The summed E-state index contributed by atoms with van der Waals surface area (Å²) < 4.78 is 26.0. The standard InChI is InChI=1S/C14H12F2N2O2/c15-11-4-2-1-3-10(11)12(19)8-18-14(20)9-5-6-13(16)17-7-9/h1-7,12,19H,8H2,(H,18,20). The van der Waals surface area contributed by atoms with Gasteiger partial charge in [0.25, 0.3) is 5.91 Å². The smallest absolute Gasteiger partial charge is 0.252 e. The van der Waals surface area contributed by atoms with E-state index in [-0.39, 0.29) is 17.7 Å². The number of nitrogens with one attached hydrogen (secondary N) is 1. The molecule has 1 aromatic heterocycles. The maximum atomic E-state index is 13.4. The Balaban J connectivity index is 1.97. The van der Waals surface area contributed by atoms with E-state index in [0.29, 0.717) is 0 Å². The zero-order valence-electron chi connectivity index (χ0n) is 10.4. The normalized spacial score (nSPS) is 11.9. The SMILES string of the molecule is O=C(NCC(O)c1ccccc1F)c1ccc(F)nc1. The quantitative estimate of drug-likeness (QED) is 0.839. The van der Waals surface area contributed by atoms with E-state index in [2.05, 4.69) is 10.3 Å². The molecule has 0 saturated carbocycles. The molecule has 0 aliphatic heterocycles. The van der Waals surface area contributed by atoms with Gasteiger partial charge in [-0.05, 0) is 18.2 Å². The van der Waals surface area contributed by atoms with Crippen LogP contribution in [0.3, 0.4) is 0 Å². The number of hydrogen-bond acceptors (Lipinski definition) is 3. The highest BCUT2D eigenvalue weighted by atomic mass is 19.1. The van der Waals surface area contributed by atoms with Crippen molar-refractivity contribution in [3.8, 4) is 0 Å². The van der Waals surface area contributed by atoms with Crippen LogP contribution in [0.5, 0.6) is 0 Å². The Morgan fingerprint density at radius 3 is 2.65 bits per heavy atom. The van der Waals surface area contributed by atoms with E-state index in [1.54, 1.807) is 6.07 Å². The molecule has 0 bridgehead atoms. The molecule has 2 N–H and O–H groups in total. The molecule has 2 aromatic rings. The number of hydrogen-bond donors (Lipinski definition) is 2. The molecule has 4 nitrogen and oxygen atoms in total. The lowest BCUT2D eigenvalue weighted by Crippen LogP contribution is -2.28. The summed E-state index contributed by atoms with van der Waals surface area (Å²) in [5.74, 6) is -1.75. The minimum atomic E-state index is -1.16. The molecule has 0 saturated heterocycles. The predicted octanol–water partition coefficient (Wildman–Crippen LogP) is 1.82. The molecule has 104 valence electrons. The number of aromatic nitrogens is 1. The van der Waals surface area contributed by atoms with Crippen molar-refractivity contribution in [2.24, 2.45) is 0 Å². The Hall–Kier alpha value is -2.34. The Kier molecular flexibility index (Phi) is 4.37. The number of amides is 1. The molecule has 0 spiro atoms. The minimum Gasteiger partial charge on any atom is -0.386 e. The molecule has 1 aromatic carbocycles. The molecule has 2 rings (SSSR count). The van der Waals surface area contributed by atoms with E-state index in [1.165, 1.54) is 24.3 Å². The Labute approximate surface area is 114 Å². The number of carbonyl (C=O) groups is 1. The molecule has 0 aliphatic carbocycles. The highest BCUT2D eigenvalue weighted by Crippen LogP contribution is 2.15. The third-order valence-corrected chi connectivity index (χ3v) is 2.71. The maximum Gasteiger partial charge on any atom is 0.252 e. The second-order valence-corrected chi connectivity index (χ2v) is 4.12. The van der Waals surface area contributed by atoms with Crippen LogP contribution < -0.4 is 5.32 Å².